The van der Waals surface area contributed by atoms with Crippen LogP contribution in [0.25, 0.3) is 5.69 Å². The van der Waals surface area contributed by atoms with Gasteiger partial charge in [-0.2, -0.15) is 5.10 Å². The quantitative estimate of drug-likeness (QED) is 0.494. The van der Waals surface area contributed by atoms with Crippen LogP contribution >= 0.6 is 0 Å². The Labute approximate surface area is 195 Å². The first-order valence-electron chi connectivity index (χ1n) is 11.5. The van der Waals surface area contributed by atoms with Gasteiger partial charge in [0.25, 0.3) is 0 Å². The van der Waals surface area contributed by atoms with Gasteiger partial charge in [-0.15, -0.1) is 0 Å². The molecule has 1 N–H and O–H groups in total. The first kappa shape index (κ1) is 23.3. The molecule has 0 aliphatic carbocycles. The van der Waals surface area contributed by atoms with Gasteiger partial charge in [0.1, 0.15) is 11.5 Å². The summed E-state index contributed by atoms with van der Waals surface area (Å²) in [7, 11) is 1.65. The van der Waals surface area contributed by atoms with Crippen molar-refractivity contribution in [3.05, 3.63) is 65.9 Å². The summed E-state index contributed by atoms with van der Waals surface area (Å²) in [6, 6.07) is 17.5. The van der Waals surface area contributed by atoms with E-state index >= 15 is 0 Å². The number of benzene rings is 2. The second kappa shape index (κ2) is 10.8. The van der Waals surface area contributed by atoms with Crippen molar-refractivity contribution >= 4 is 0 Å². The molecule has 176 valence electrons. The maximum Gasteiger partial charge on any atom is 0.227 e. The second-order valence-corrected chi connectivity index (χ2v) is 8.57. The molecule has 1 aromatic heterocycles. The molecule has 7 nitrogen and oxygen atoms in total. The molecule has 0 spiro atoms. The highest BCUT2D eigenvalue weighted by molar-refractivity contribution is 5.44. The maximum absolute atomic E-state index is 10.1. The van der Waals surface area contributed by atoms with Gasteiger partial charge in [0.15, 0.2) is 0 Å². The predicted octanol–water partition coefficient (Wildman–Crippen LogP) is 4.34. The topological polar surface area (TPSA) is 69.0 Å². The average Bonchev–Trinajstić information content (AvgIpc) is 3.43. The van der Waals surface area contributed by atoms with Crippen molar-refractivity contribution in [2.24, 2.45) is 0 Å². The Morgan fingerprint density at radius 1 is 1.15 bits per heavy atom. The van der Waals surface area contributed by atoms with Gasteiger partial charge < -0.3 is 19.3 Å². The van der Waals surface area contributed by atoms with Crippen molar-refractivity contribution in [3.63, 3.8) is 0 Å². The van der Waals surface area contributed by atoms with Gasteiger partial charge in [0.05, 0.1) is 36.3 Å². The zero-order chi connectivity index (χ0) is 23.2. The van der Waals surface area contributed by atoms with Gasteiger partial charge in [0.2, 0.25) is 5.88 Å². The summed E-state index contributed by atoms with van der Waals surface area (Å²) in [5.74, 6) is 2.15. The molecule has 0 unspecified atom stereocenters. The Balaban J connectivity index is 1.68. The molecule has 2 heterocycles. The molecule has 1 aliphatic heterocycles. The van der Waals surface area contributed by atoms with Crippen LogP contribution in [-0.4, -0.2) is 58.8 Å². The predicted molar refractivity (Wildman–Crippen MR) is 127 cm³/mol. The minimum Gasteiger partial charge on any atom is -0.497 e. The van der Waals surface area contributed by atoms with Crippen molar-refractivity contribution in [2.75, 3.05) is 26.8 Å². The van der Waals surface area contributed by atoms with Crippen LogP contribution in [0.1, 0.15) is 31.0 Å². The lowest BCUT2D eigenvalue weighted by Gasteiger charge is -2.26. The summed E-state index contributed by atoms with van der Waals surface area (Å²) in [5, 5.41) is 15.0. The molecule has 0 bridgehead atoms. The van der Waals surface area contributed by atoms with Crippen LogP contribution in [0, 0.1) is 6.92 Å². The molecule has 2 atom stereocenters. The zero-order valence-electron chi connectivity index (χ0n) is 19.6. The number of aryl methyl sites for hydroxylation is 1. The van der Waals surface area contributed by atoms with E-state index in [1.54, 1.807) is 7.11 Å². The summed E-state index contributed by atoms with van der Waals surface area (Å²) in [6.07, 6.45) is 1.89. The molecule has 0 saturated carbocycles. The fraction of sp³-hybridized carbons (Fsp3) is 0.423. The highest BCUT2D eigenvalue weighted by Crippen LogP contribution is 2.32. The molecule has 0 amide bonds. The third-order valence-corrected chi connectivity index (χ3v) is 5.80. The molecule has 1 saturated heterocycles. The van der Waals surface area contributed by atoms with E-state index in [2.05, 4.69) is 4.90 Å². The molecule has 4 rings (SSSR count). The van der Waals surface area contributed by atoms with E-state index in [9.17, 15) is 5.11 Å². The van der Waals surface area contributed by atoms with Crippen molar-refractivity contribution < 1.29 is 19.3 Å². The molecule has 1 aliphatic rings. The van der Waals surface area contributed by atoms with Gasteiger partial charge in [-0.25, -0.2) is 4.68 Å². The van der Waals surface area contributed by atoms with Crippen LogP contribution in [-0.2, 0) is 11.3 Å². The van der Waals surface area contributed by atoms with E-state index in [1.165, 1.54) is 0 Å². The number of aliphatic hydroxyl groups is 1. The Hall–Kier alpha value is -2.87. The zero-order valence-corrected chi connectivity index (χ0v) is 19.6. The molecule has 7 heteroatoms. The van der Waals surface area contributed by atoms with Crippen molar-refractivity contribution in [1.29, 1.82) is 0 Å². The van der Waals surface area contributed by atoms with E-state index in [1.807, 2.05) is 73.1 Å². The molecule has 0 radical (unpaired) electrons. The van der Waals surface area contributed by atoms with Crippen LogP contribution in [0.4, 0.5) is 0 Å². The van der Waals surface area contributed by atoms with Crippen LogP contribution < -0.4 is 9.47 Å². The smallest absolute Gasteiger partial charge is 0.227 e. The molecular formula is C26H33N3O4. The number of nitrogens with zero attached hydrogens (tertiary/aromatic N) is 3. The fourth-order valence-electron chi connectivity index (χ4n) is 4.20. The number of hydrogen-bond donors (Lipinski definition) is 1. The van der Waals surface area contributed by atoms with Crippen molar-refractivity contribution in [1.82, 2.24) is 14.7 Å². The number of aromatic nitrogens is 2. The first-order chi connectivity index (χ1) is 16.0. The molecular weight excluding hydrogens is 418 g/mol. The van der Waals surface area contributed by atoms with Gasteiger partial charge in [-0.1, -0.05) is 18.2 Å². The van der Waals surface area contributed by atoms with Gasteiger partial charge in [0, 0.05) is 26.2 Å². The standard InChI is InChI=1S/C26H33N3O4/c1-19(30)16-28(17-24-10-7-15-32-24)18-25-20(2)27-29(21-8-5-4-6-9-21)26(25)33-23-13-11-22(31-3)12-14-23/h4-6,8-9,11-14,19,24,30H,7,10,15-18H2,1-3H3/t19-,24-/m1/s1. The van der Waals surface area contributed by atoms with Crippen LogP contribution in [0.5, 0.6) is 17.4 Å². The number of hydrogen-bond acceptors (Lipinski definition) is 6. The third-order valence-electron chi connectivity index (χ3n) is 5.80. The van der Waals surface area contributed by atoms with Crippen molar-refractivity contribution in [3.8, 4) is 23.1 Å². The first-order valence-corrected chi connectivity index (χ1v) is 11.5. The van der Waals surface area contributed by atoms with Crippen LogP contribution in [0.15, 0.2) is 54.6 Å². The minimum absolute atomic E-state index is 0.194. The SMILES string of the molecule is COc1ccc(Oc2c(CN(C[C@H]3CCCO3)C[C@@H](C)O)c(C)nn2-c2ccccc2)cc1. The Morgan fingerprint density at radius 2 is 1.88 bits per heavy atom. The van der Waals surface area contributed by atoms with E-state index in [0.717, 1.165) is 48.7 Å². The summed E-state index contributed by atoms with van der Waals surface area (Å²) in [5.41, 5.74) is 2.81. The van der Waals surface area contributed by atoms with Gasteiger partial charge >= 0.3 is 0 Å². The van der Waals surface area contributed by atoms with E-state index < -0.39 is 6.10 Å². The summed E-state index contributed by atoms with van der Waals surface area (Å²) in [6.45, 7) is 6.55. The van der Waals surface area contributed by atoms with Crippen LogP contribution in [0.2, 0.25) is 0 Å². The molecule has 1 fully saturated rings. The largest absolute Gasteiger partial charge is 0.497 e. The van der Waals surface area contributed by atoms with Crippen LogP contribution in [0.3, 0.4) is 0 Å². The van der Waals surface area contributed by atoms with E-state index in [4.69, 9.17) is 19.3 Å². The number of methoxy groups -OCH3 is 1. The Morgan fingerprint density at radius 3 is 2.52 bits per heavy atom. The lowest BCUT2D eigenvalue weighted by Crippen LogP contribution is -2.36. The van der Waals surface area contributed by atoms with Gasteiger partial charge in [-0.3, -0.25) is 4.90 Å². The maximum atomic E-state index is 10.1. The van der Waals surface area contributed by atoms with E-state index in [-0.39, 0.29) is 6.10 Å². The number of para-hydroxylation sites is 1. The van der Waals surface area contributed by atoms with Crippen molar-refractivity contribution in [2.45, 2.75) is 45.4 Å². The monoisotopic (exact) mass is 451 g/mol. The lowest BCUT2D eigenvalue weighted by molar-refractivity contribution is 0.0500. The normalized spacial score (nSPS) is 16.8. The highest BCUT2D eigenvalue weighted by Gasteiger charge is 2.25. The molecule has 3 aromatic rings. The van der Waals surface area contributed by atoms with Gasteiger partial charge in [-0.05, 0) is 63.1 Å². The minimum atomic E-state index is -0.443. The number of aliphatic hydroxyl groups excluding tert-OH is 1. The average molecular weight is 452 g/mol. The Kier molecular flexibility index (Phi) is 7.65. The third kappa shape index (κ3) is 5.93. The summed E-state index contributed by atoms with van der Waals surface area (Å²) in [4.78, 5) is 2.24. The summed E-state index contributed by atoms with van der Waals surface area (Å²) >= 11 is 0. The second-order valence-electron chi connectivity index (χ2n) is 8.57. The van der Waals surface area contributed by atoms with E-state index in [0.29, 0.717) is 24.7 Å². The summed E-state index contributed by atoms with van der Waals surface area (Å²) < 4.78 is 19.4. The fourth-order valence-corrected chi connectivity index (χ4v) is 4.20. The molecule has 2 aromatic carbocycles. The molecule has 33 heavy (non-hydrogen) atoms. The number of ether oxygens (including phenoxy) is 3. The number of rotatable bonds is 10. The Bertz CT molecular complexity index is 1010. The highest BCUT2D eigenvalue weighted by atomic mass is 16.5. The lowest BCUT2D eigenvalue weighted by atomic mass is 10.1.